The van der Waals surface area contributed by atoms with Crippen LogP contribution >= 0.6 is 23.5 Å². The molecule has 0 saturated heterocycles. The monoisotopic (exact) mass is 405 g/mol. The van der Waals surface area contributed by atoms with Crippen molar-refractivity contribution in [2.75, 3.05) is 19.1 Å². The minimum Gasteiger partial charge on any atom is -0.497 e. The van der Waals surface area contributed by atoms with Gasteiger partial charge in [-0.3, -0.25) is 14.4 Å². The van der Waals surface area contributed by atoms with Gasteiger partial charge in [0.2, 0.25) is 11.0 Å². The number of benzene rings is 2. The zero-order valence-electron chi connectivity index (χ0n) is 15.8. The molecule has 0 fully saturated rings. The van der Waals surface area contributed by atoms with E-state index < -0.39 is 6.04 Å². The van der Waals surface area contributed by atoms with Gasteiger partial charge in [-0.15, -0.1) is 0 Å². The second kappa shape index (κ2) is 9.80. The molecule has 0 aliphatic heterocycles. The average Bonchev–Trinajstić information content (AvgIpc) is 2.68. The first-order chi connectivity index (χ1) is 12.8. The van der Waals surface area contributed by atoms with Crippen molar-refractivity contribution in [2.45, 2.75) is 25.8 Å². The van der Waals surface area contributed by atoms with E-state index >= 15 is 0 Å². The highest BCUT2D eigenvalue weighted by atomic mass is 32.2. The van der Waals surface area contributed by atoms with Crippen LogP contribution in [0.15, 0.2) is 36.4 Å². The summed E-state index contributed by atoms with van der Waals surface area (Å²) in [5.41, 5.74) is 0.914. The summed E-state index contributed by atoms with van der Waals surface area (Å²) < 4.78 is 5.23. The van der Waals surface area contributed by atoms with Gasteiger partial charge in [-0.1, -0.05) is 54.7 Å². The molecule has 144 valence electrons. The molecule has 7 heteroatoms. The summed E-state index contributed by atoms with van der Waals surface area (Å²) in [5, 5.41) is 4.49. The quantitative estimate of drug-likeness (QED) is 0.759. The number of rotatable bonds is 7. The molecule has 2 atom stereocenters. The largest absolute Gasteiger partial charge is 0.497 e. The highest BCUT2D eigenvalue weighted by Gasteiger charge is 2.23. The molecule has 0 heterocycles. The topological polar surface area (TPSA) is 72.5 Å². The van der Waals surface area contributed by atoms with Crippen molar-refractivity contribution in [3.8, 4) is 5.75 Å². The molecule has 1 N–H and O–H groups in total. The number of nitrogens with one attached hydrogen (secondary N) is 1. The Balaban J connectivity index is 2.08. The van der Waals surface area contributed by atoms with Crippen molar-refractivity contribution in [1.82, 2.24) is 5.32 Å². The van der Waals surface area contributed by atoms with E-state index in [1.165, 1.54) is 6.92 Å². The molecule has 0 saturated carbocycles. The number of hydrogen-bond acceptors (Lipinski definition) is 6. The first-order valence-corrected chi connectivity index (χ1v) is 10.7. The molecular formula is C20H23NO4S2. The lowest BCUT2D eigenvalue weighted by molar-refractivity contribution is -0.122. The van der Waals surface area contributed by atoms with E-state index in [0.29, 0.717) is 0 Å². The zero-order chi connectivity index (χ0) is 20.0. The van der Waals surface area contributed by atoms with Gasteiger partial charge < -0.3 is 10.1 Å². The summed E-state index contributed by atoms with van der Waals surface area (Å²) >= 11 is 2.12. The van der Waals surface area contributed by atoms with Gasteiger partial charge in [0.05, 0.1) is 13.0 Å². The van der Waals surface area contributed by atoms with Crippen molar-refractivity contribution in [1.29, 1.82) is 0 Å². The van der Waals surface area contributed by atoms with Crippen LogP contribution in [0.4, 0.5) is 0 Å². The molecule has 0 bridgehead atoms. The smallest absolute Gasteiger partial charge is 0.217 e. The minimum atomic E-state index is -0.664. The maximum atomic E-state index is 12.6. The number of fused-ring (bicyclic) bond motifs is 1. The molecular weight excluding hydrogens is 382 g/mol. The van der Waals surface area contributed by atoms with Crippen LogP contribution in [0.3, 0.4) is 0 Å². The fourth-order valence-electron chi connectivity index (χ4n) is 2.62. The van der Waals surface area contributed by atoms with Gasteiger partial charge in [-0.05, 0) is 34.7 Å². The normalized spacial score (nSPS) is 13.0. The average molecular weight is 406 g/mol. The van der Waals surface area contributed by atoms with Gasteiger partial charge in [0.25, 0.3) is 0 Å². The number of carbonyl (C=O) groups is 3. The lowest BCUT2D eigenvalue weighted by atomic mass is 9.99. The van der Waals surface area contributed by atoms with Gasteiger partial charge in [-0.25, -0.2) is 0 Å². The van der Waals surface area contributed by atoms with Crippen molar-refractivity contribution in [2.24, 2.45) is 0 Å². The van der Waals surface area contributed by atoms with Gasteiger partial charge in [-0.2, -0.15) is 0 Å². The molecule has 2 rings (SSSR count). The first-order valence-electron chi connectivity index (χ1n) is 8.45. The summed E-state index contributed by atoms with van der Waals surface area (Å²) in [7, 11) is 1.63. The predicted octanol–water partition coefficient (Wildman–Crippen LogP) is 3.61. The van der Waals surface area contributed by atoms with Crippen LogP contribution in [0.1, 0.15) is 25.3 Å². The molecule has 5 nitrogen and oxygen atoms in total. The maximum absolute atomic E-state index is 12.6. The molecule has 0 spiro atoms. The molecule has 0 aliphatic carbocycles. The lowest BCUT2D eigenvalue weighted by Crippen LogP contribution is -2.40. The Morgan fingerprint density at radius 1 is 1.07 bits per heavy atom. The fraction of sp³-hybridized carbons (Fsp3) is 0.350. The standard InChI is InChI=1S/C20H23NO4S2/c1-12(19(23)27-11-18(20(24)26-4)21-13(2)22)14-5-6-16-10-17(25-3)8-7-15(16)9-14/h5-10,12,18H,11H2,1-4H3,(H,21,22). The number of hydrogen-bond donors (Lipinski definition) is 1. The maximum Gasteiger partial charge on any atom is 0.217 e. The van der Waals surface area contributed by atoms with Crippen LogP contribution in [0.5, 0.6) is 5.75 Å². The van der Waals surface area contributed by atoms with E-state index in [9.17, 15) is 14.4 Å². The Hall–Kier alpha value is -1.99. The van der Waals surface area contributed by atoms with E-state index in [1.54, 1.807) is 13.4 Å². The molecule has 2 aromatic rings. The van der Waals surface area contributed by atoms with Crippen LogP contribution in [0.25, 0.3) is 10.8 Å². The number of carbonyl (C=O) groups excluding carboxylic acids is 3. The molecule has 1 amide bonds. The summed E-state index contributed by atoms with van der Waals surface area (Å²) in [6.07, 6.45) is 1.66. The molecule has 27 heavy (non-hydrogen) atoms. The van der Waals surface area contributed by atoms with E-state index in [4.69, 9.17) is 4.74 Å². The third-order valence-electron chi connectivity index (χ3n) is 4.18. The molecule has 0 aromatic heterocycles. The predicted molar refractivity (Wildman–Crippen MR) is 113 cm³/mol. The Kier molecular flexibility index (Phi) is 7.74. The van der Waals surface area contributed by atoms with Crippen molar-refractivity contribution < 1.29 is 19.1 Å². The molecule has 0 aliphatic rings. The summed E-state index contributed by atoms with van der Waals surface area (Å²) in [6, 6.07) is 11.0. The second-order valence-corrected chi connectivity index (χ2v) is 7.94. The van der Waals surface area contributed by atoms with Crippen molar-refractivity contribution in [3.63, 3.8) is 0 Å². The summed E-state index contributed by atoms with van der Waals surface area (Å²) in [4.78, 5) is 35.8. The number of methoxy groups -OCH3 is 1. The van der Waals surface area contributed by atoms with Gasteiger partial charge in [0.1, 0.15) is 11.8 Å². The third-order valence-corrected chi connectivity index (χ3v) is 6.01. The van der Waals surface area contributed by atoms with E-state index in [0.717, 1.165) is 45.6 Å². The summed E-state index contributed by atoms with van der Waals surface area (Å²) in [6.45, 7) is 3.21. The molecule has 2 unspecified atom stereocenters. The molecule has 2 aromatic carbocycles. The van der Waals surface area contributed by atoms with Gasteiger partial charge >= 0.3 is 0 Å². The zero-order valence-corrected chi connectivity index (χ0v) is 17.4. The third kappa shape index (κ3) is 5.74. The highest BCUT2D eigenvalue weighted by molar-refractivity contribution is 8.14. The van der Waals surface area contributed by atoms with Gasteiger partial charge in [0, 0.05) is 12.7 Å². The second-order valence-electron chi connectivity index (χ2n) is 6.10. The van der Waals surface area contributed by atoms with E-state index in [-0.39, 0.29) is 27.8 Å². The summed E-state index contributed by atoms with van der Waals surface area (Å²) in [5.74, 6) is 0.419. The Labute approximate surface area is 167 Å². The Morgan fingerprint density at radius 3 is 2.37 bits per heavy atom. The lowest BCUT2D eigenvalue weighted by Gasteiger charge is -2.16. The fourth-order valence-corrected chi connectivity index (χ4v) is 4.11. The van der Waals surface area contributed by atoms with Gasteiger partial charge in [0.15, 0.2) is 5.12 Å². The SMILES string of the molecule is COc1ccc2cc(C(C)C(=O)SCC(NC(C)=O)C(=O)SC)ccc2c1. The van der Waals surface area contributed by atoms with Crippen LogP contribution in [0.2, 0.25) is 0 Å². The minimum absolute atomic E-state index is 0.0351. The van der Waals surface area contributed by atoms with Crippen LogP contribution in [-0.4, -0.2) is 41.3 Å². The number of ether oxygens (including phenoxy) is 1. The molecule has 0 radical (unpaired) electrons. The van der Waals surface area contributed by atoms with Crippen LogP contribution < -0.4 is 10.1 Å². The van der Waals surface area contributed by atoms with Crippen LogP contribution in [-0.2, 0) is 14.4 Å². The Morgan fingerprint density at radius 2 is 1.74 bits per heavy atom. The Bertz CT molecular complexity index is 853. The van der Waals surface area contributed by atoms with Crippen molar-refractivity contribution in [3.05, 3.63) is 42.0 Å². The first kappa shape index (κ1) is 21.3. The highest BCUT2D eigenvalue weighted by Crippen LogP contribution is 2.28. The van der Waals surface area contributed by atoms with E-state index in [2.05, 4.69) is 5.32 Å². The van der Waals surface area contributed by atoms with E-state index in [1.807, 2.05) is 43.3 Å². The number of amides is 1. The van der Waals surface area contributed by atoms with Crippen molar-refractivity contribution >= 4 is 50.4 Å². The number of thioether (sulfide) groups is 2. The van der Waals surface area contributed by atoms with Crippen LogP contribution in [0, 0.1) is 0 Å².